The van der Waals surface area contributed by atoms with E-state index >= 15 is 0 Å². The quantitative estimate of drug-likeness (QED) is 0.229. The molecule has 0 aliphatic rings. The smallest absolute Gasteiger partial charge is 0.264 e. The molecule has 0 spiro atoms. The van der Waals surface area contributed by atoms with Crippen LogP contribution in [0.25, 0.3) is 0 Å². The first-order valence-corrected chi connectivity index (χ1v) is 6.81. The molecular formula is C9H20N2O5S. The lowest BCUT2D eigenvalue weighted by Gasteiger charge is -2.29. The molecule has 0 saturated carbocycles. The molecule has 0 radical (unpaired) electrons. The minimum absolute atomic E-state index is 0.185. The first-order chi connectivity index (χ1) is 7.58. The summed E-state index contributed by atoms with van der Waals surface area (Å²) in [6.45, 7) is 5.67. The maximum atomic E-state index is 11.4. The van der Waals surface area contributed by atoms with Gasteiger partial charge in [-0.2, -0.15) is 8.42 Å². The summed E-state index contributed by atoms with van der Waals surface area (Å²) in [5, 5.41) is 11.4. The van der Waals surface area contributed by atoms with E-state index in [1.54, 1.807) is 5.48 Å². The zero-order valence-electron chi connectivity index (χ0n) is 10.2. The van der Waals surface area contributed by atoms with Gasteiger partial charge in [0.15, 0.2) is 0 Å². The summed E-state index contributed by atoms with van der Waals surface area (Å²) in [6, 6.07) is -0.645. The molecule has 7 nitrogen and oxygen atoms in total. The van der Waals surface area contributed by atoms with E-state index in [0.29, 0.717) is 0 Å². The van der Waals surface area contributed by atoms with Crippen LogP contribution in [0.4, 0.5) is 0 Å². The third-order valence-electron chi connectivity index (χ3n) is 2.17. The Hall–Kier alpha value is -0.700. The fraction of sp³-hybridized carbons (Fsp3) is 0.889. The first-order valence-electron chi connectivity index (χ1n) is 5.20. The molecule has 0 aliphatic carbocycles. The highest BCUT2D eigenvalue weighted by Gasteiger charge is 2.30. The van der Waals surface area contributed by atoms with Gasteiger partial charge in [-0.3, -0.25) is 14.6 Å². The molecular weight excluding hydrogens is 248 g/mol. The molecule has 4 N–H and O–H groups in total. The topological polar surface area (TPSA) is 116 Å². The monoisotopic (exact) mass is 268 g/mol. The van der Waals surface area contributed by atoms with Crippen molar-refractivity contribution < 1.29 is 23.0 Å². The van der Waals surface area contributed by atoms with Crippen LogP contribution in [0.15, 0.2) is 0 Å². The largest absolute Gasteiger partial charge is 0.305 e. The van der Waals surface area contributed by atoms with E-state index in [0.717, 1.165) is 0 Å². The molecule has 1 atom stereocenters. The highest BCUT2D eigenvalue weighted by Crippen LogP contribution is 2.19. The summed E-state index contributed by atoms with van der Waals surface area (Å²) in [5.74, 6) is -0.943. The number of amides is 1. The molecule has 0 saturated heterocycles. The average molecular weight is 268 g/mol. The highest BCUT2D eigenvalue weighted by atomic mass is 32.2. The Bertz CT molecular complexity index is 347. The predicted molar refractivity (Wildman–Crippen MR) is 62.2 cm³/mol. The van der Waals surface area contributed by atoms with Gasteiger partial charge in [0.05, 0.1) is 11.8 Å². The van der Waals surface area contributed by atoms with Crippen LogP contribution in [0, 0.1) is 5.41 Å². The van der Waals surface area contributed by atoms with E-state index in [4.69, 9.17) is 9.76 Å². The molecule has 0 rings (SSSR count). The van der Waals surface area contributed by atoms with Gasteiger partial charge in [0.2, 0.25) is 0 Å². The molecule has 0 fully saturated rings. The lowest BCUT2D eigenvalue weighted by Crippen LogP contribution is -2.51. The molecule has 17 heavy (non-hydrogen) atoms. The van der Waals surface area contributed by atoms with Gasteiger partial charge >= 0.3 is 0 Å². The molecule has 8 heteroatoms. The Morgan fingerprint density at radius 1 is 1.35 bits per heavy atom. The van der Waals surface area contributed by atoms with Gasteiger partial charge < -0.3 is 5.32 Å². The normalized spacial score (nSPS) is 14.4. The van der Waals surface area contributed by atoms with Crippen molar-refractivity contribution >= 4 is 16.0 Å². The van der Waals surface area contributed by atoms with Crippen LogP contribution in [0.1, 0.15) is 27.2 Å². The van der Waals surface area contributed by atoms with Crippen molar-refractivity contribution in [1.29, 1.82) is 0 Å². The van der Waals surface area contributed by atoms with Crippen molar-refractivity contribution in [1.82, 2.24) is 10.8 Å². The highest BCUT2D eigenvalue weighted by molar-refractivity contribution is 7.85. The van der Waals surface area contributed by atoms with Crippen molar-refractivity contribution in [2.75, 3.05) is 12.3 Å². The Morgan fingerprint density at radius 2 is 1.88 bits per heavy atom. The van der Waals surface area contributed by atoms with E-state index in [1.165, 1.54) is 0 Å². The molecule has 102 valence electrons. The third-order valence-corrected chi connectivity index (χ3v) is 2.97. The standard InChI is InChI=1S/C9H20N2O5S/c1-9(2,3)7(8(12)11-13)10-5-4-6-17(14,15)16/h7,10,13H,4-6H2,1-3H3,(H,11,12)(H,14,15,16)/t7-/m0/s1. The Labute approximate surface area is 101 Å². The van der Waals surface area contributed by atoms with Crippen LogP contribution in [0.3, 0.4) is 0 Å². The SMILES string of the molecule is CC(C)(C)[C@@H](NCCCS(=O)(=O)O)C(=O)NO. The molecule has 0 unspecified atom stereocenters. The van der Waals surface area contributed by atoms with Gasteiger partial charge in [0.1, 0.15) is 0 Å². The molecule has 0 bridgehead atoms. The number of carbonyl (C=O) groups is 1. The van der Waals surface area contributed by atoms with Crippen LogP contribution >= 0.6 is 0 Å². The number of hydroxylamine groups is 1. The summed E-state index contributed by atoms with van der Waals surface area (Å²) in [7, 11) is -3.97. The molecule has 1 amide bonds. The van der Waals surface area contributed by atoms with Gasteiger partial charge in [0.25, 0.3) is 16.0 Å². The Balaban J connectivity index is 4.25. The summed E-state index contributed by atoms with van der Waals surface area (Å²) in [4.78, 5) is 11.4. The second kappa shape index (κ2) is 6.29. The summed E-state index contributed by atoms with van der Waals surface area (Å²) in [6.07, 6.45) is 0.185. The summed E-state index contributed by atoms with van der Waals surface area (Å²) >= 11 is 0. The van der Waals surface area contributed by atoms with Gasteiger partial charge in [0, 0.05) is 0 Å². The van der Waals surface area contributed by atoms with Crippen molar-refractivity contribution in [3.8, 4) is 0 Å². The van der Waals surface area contributed by atoms with E-state index < -0.39 is 27.5 Å². The third kappa shape index (κ3) is 7.27. The molecule has 0 aromatic heterocycles. The molecule has 0 aromatic carbocycles. The second-order valence-corrected chi connectivity index (χ2v) is 6.44. The van der Waals surface area contributed by atoms with Gasteiger partial charge in [-0.15, -0.1) is 0 Å². The van der Waals surface area contributed by atoms with Gasteiger partial charge in [-0.25, -0.2) is 5.48 Å². The van der Waals surface area contributed by atoms with E-state index in [9.17, 15) is 13.2 Å². The van der Waals surface area contributed by atoms with Crippen molar-refractivity contribution in [3.63, 3.8) is 0 Å². The fourth-order valence-electron chi connectivity index (χ4n) is 1.36. The summed E-state index contributed by atoms with van der Waals surface area (Å²) in [5.41, 5.74) is 1.13. The first kappa shape index (κ1) is 16.3. The van der Waals surface area contributed by atoms with Crippen LogP contribution in [0.5, 0.6) is 0 Å². The van der Waals surface area contributed by atoms with Crippen LogP contribution in [-0.2, 0) is 14.9 Å². The lowest BCUT2D eigenvalue weighted by molar-refractivity contribution is -0.134. The number of rotatable bonds is 6. The van der Waals surface area contributed by atoms with Crippen LogP contribution in [0.2, 0.25) is 0 Å². The maximum absolute atomic E-state index is 11.4. The van der Waals surface area contributed by atoms with Crippen molar-refractivity contribution in [2.24, 2.45) is 5.41 Å². The predicted octanol–water partition coefficient (Wildman–Crippen LogP) is -0.226. The second-order valence-electron chi connectivity index (χ2n) is 4.87. The minimum Gasteiger partial charge on any atom is -0.305 e. The lowest BCUT2D eigenvalue weighted by atomic mass is 9.86. The van der Waals surface area contributed by atoms with E-state index in [-0.39, 0.29) is 18.7 Å². The van der Waals surface area contributed by atoms with Gasteiger partial charge in [-0.05, 0) is 18.4 Å². The maximum Gasteiger partial charge on any atom is 0.264 e. The number of hydrogen-bond donors (Lipinski definition) is 4. The Kier molecular flexibility index (Phi) is 6.03. The Morgan fingerprint density at radius 3 is 2.24 bits per heavy atom. The molecule has 0 aromatic rings. The van der Waals surface area contributed by atoms with E-state index in [2.05, 4.69) is 5.32 Å². The van der Waals surface area contributed by atoms with Gasteiger partial charge in [-0.1, -0.05) is 20.8 Å². The molecule has 0 aliphatic heterocycles. The number of nitrogens with one attached hydrogen (secondary N) is 2. The summed E-state index contributed by atoms with van der Waals surface area (Å²) < 4.78 is 29.5. The van der Waals surface area contributed by atoms with Crippen molar-refractivity contribution in [2.45, 2.75) is 33.2 Å². The average Bonchev–Trinajstić information content (AvgIpc) is 2.13. The van der Waals surface area contributed by atoms with Crippen LogP contribution < -0.4 is 10.8 Å². The van der Waals surface area contributed by atoms with Crippen molar-refractivity contribution in [3.05, 3.63) is 0 Å². The van der Waals surface area contributed by atoms with Crippen LogP contribution in [-0.4, -0.2) is 42.4 Å². The number of hydrogen-bond acceptors (Lipinski definition) is 5. The fourth-order valence-corrected chi connectivity index (χ4v) is 1.87. The van der Waals surface area contributed by atoms with E-state index in [1.807, 2.05) is 20.8 Å². The molecule has 0 heterocycles. The minimum atomic E-state index is -3.97. The zero-order valence-corrected chi connectivity index (χ0v) is 11.0. The number of carbonyl (C=O) groups excluding carboxylic acids is 1. The zero-order chi connectivity index (χ0) is 13.7.